The molecule has 2 aromatic rings. The van der Waals surface area contributed by atoms with E-state index in [1.54, 1.807) is 24.3 Å². The summed E-state index contributed by atoms with van der Waals surface area (Å²) in [7, 11) is 0. The summed E-state index contributed by atoms with van der Waals surface area (Å²) in [6.45, 7) is 9.82. The molecule has 0 saturated heterocycles. The van der Waals surface area contributed by atoms with Gasteiger partial charge in [-0.25, -0.2) is 4.79 Å². The van der Waals surface area contributed by atoms with Gasteiger partial charge in [-0.3, -0.25) is 4.79 Å². The number of rotatable bonds is 9. The van der Waals surface area contributed by atoms with Gasteiger partial charge >= 0.3 is 5.97 Å². The first kappa shape index (κ1) is 22.5. The lowest BCUT2D eigenvalue weighted by Gasteiger charge is -2.15. The first-order valence-electron chi connectivity index (χ1n) is 10.1. The Hall–Kier alpha value is -2.82. The second-order valence-corrected chi connectivity index (χ2v) is 7.90. The van der Waals surface area contributed by atoms with Gasteiger partial charge in [0.25, 0.3) is 5.91 Å². The van der Waals surface area contributed by atoms with Crippen LogP contribution in [0.15, 0.2) is 48.5 Å². The Morgan fingerprint density at radius 3 is 2.07 bits per heavy atom. The zero-order valence-electron chi connectivity index (χ0n) is 17.9. The Labute approximate surface area is 173 Å². The van der Waals surface area contributed by atoms with Crippen molar-refractivity contribution in [3.8, 4) is 5.75 Å². The molecule has 29 heavy (non-hydrogen) atoms. The summed E-state index contributed by atoms with van der Waals surface area (Å²) in [6, 6.07) is 14.7. The Bertz CT molecular complexity index is 795. The van der Waals surface area contributed by atoms with E-state index in [0.717, 1.165) is 12.0 Å². The highest BCUT2D eigenvalue weighted by molar-refractivity contribution is 5.91. The summed E-state index contributed by atoms with van der Waals surface area (Å²) in [5.41, 5.74) is 2.67. The lowest BCUT2D eigenvalue weighted by atomic mass is 10.00. The van der Waals surface area contributed by atoms with Gasteiger partial charge in [0.05, 0.1) is 17.7 Å². The molecule has 5 heteroatoms. The highest BCUT2D eigenvalue weighted by Crippen LogP contribution is 2.16. The van der Waals surface area contributed by atoms with Crippen molar-refractivity contribution in [3.63, 3.8) is 0 Å². The molecule has 0 spiro atoms. The van der Waals surface area contributed by atoms with Crippen LogP contribution in [0.4, 0.5) is 0 Å². The minimum absolute atomic E-state index is 0.0601. The predicted octanol–water partition coefficient (Wildman–Crippen LogP) is 4.71. The molecule has 0 aliphatic heterocycles. The van der Waals surface area contributed by atoms with E-state index in [0.29, 0.717) is 17.2 Å². The number of benzene rings is 2. The molecule has 2 aromatic carbocycles. The van der Waals surface area contributed by atoms with Crippen molar-refractivity contribution in [2.24, 2.45) is 5.92 Å². The molecule has 0 saturated carbocycles. The van der Waals surface area contributed by atoms with E-state index in [-0.39, 0.29) is 24.7 Å². The van der Waals surface area contributed by atoms with Crippen molar-refractivity contribution >= 4 is 11.9 Å². The average molecular weight is 398 g/mol. The molecular weight excluding hydrogens is 366 g/mol. The van der Waals surface area contributed by atoms with E-state index >= 15 is 0 Å². The fourth-order valence-corrected chi connectivity index (χ4v) is 2.94. The quantitative estimate of drug-likeness (QED) is 0.623. The Kier molecular flexibility index (Phi) is 8.25. The summed E-state index contributed by atoms with van der Waals surface area (Å²) in [5, 5.41) is 2.86. The fraction of sp³-hybridized carbons (Fsp3) is 0.417. The number of amides is 1. The van der Waals surface area contributed by atoms with Crippen LogP contribution in [0, 0.1) is 5.92 Å². The second-order valence-electron chi connectivity index (χ2n) is 7.90. The van der Waals surface area contributed by atoms with Gasteiger partial charge in [0, 0.05) is 0 Å². The van der Waals surface area contributed by atoms with Crippen LogP contribution >= 0.6 is 0 Å². The molecule has 0 aliphatic carbocycles. The van der Waals surface area contributed by atoms with E-state index in [4.69, 9.17) is 9.47 Å². The van der Waals surface area contributed by atoms with Gasteiger partial charge in [0.1, 0.15) is 5.75 Å². The number of esters is 1. The minimum atomic E-state index is -0.540. The van der Waals surface area contributed by atoms with Crippen LogP contribution < -0.4 is 10.1 Å². The van der Waals surface area contributed by atoms with Crippen LogP contribution in [-0.2, 0) is 16.0 Å². The number of carbonyl (C=O) groups excluding carboxylic acids is 2. The van der Waals surface area contributed by atoms with Gasteiger partial charge in [-0.05, 0) is 68.5 Å². The average Bonchev–Trinajstić information content (AvgIpc) is 2.66. The molecule has 0 heterocycles. The zero-order chi connectivity index (χ0) is 21.4. The highest BCUT2D eigenvalue weighted by atomic mass is 16.5. The summed E-state index contributed by atoms with van der Waals surface area (Å²) in [4.78, 5) is 24.3. The smallest absolute Gasteiger partial charge is 0.338 e. The number of nitrogens with one attached hydrogen (secondary N) is 1. The van der Waals surface area contributed by atoms with E-state index < -0.39 is 5.97 Å². The van der Waals surface area contributed by atoms with Crippen LogP contribution in [0.25, 0.3) is 0 Å². The molecule has 156 valence electrons. The monoisotopic (exact) mass is 397 g/mol. The van der Waals surface area contributed by atoms with Crippen LogP contribution in [-0.4, -0.2) is 24.6 Å². The Balaban J connectivity index is 1.81. The van der Waals surface area contributed by atoms with Gasteiger partial charge in [-0.15, -0.1) is 0 Å². The molecule has 0 aliphatic rings. The highest BCUT2D eigenvalue weighted by Gasteiger charge is 2.13. The molecule has 0 aromatic heterocycles. The van der Waals surface area contributed by atoms with E-state index in [9.17, 15) is 9.59 Å². The molecule has 1 N–H and O–H groups in total. The second kappa shape index (κ2) is 10.6. The van der Waals surface area contributed by atoms with Gasteiger partial charge in [0.2, 0.25) is 0 Å². The maximum atomic E-state index is 12.1. The number of hydrogen-bond donors (Lipinski definition) is 1. The Morgan fingerprint density at radius 2 is 1.52 bits per heavy atom. The van der Waals surface area contributed by atoms with Gasteiger partial charge in [-0.2, -0.15) is 0 Å². The lowest BCUT2D eigenvalue weighted by molar-refractivity contribution is -0.124. The van der Waals surface area contributed by atoms with Crippen molar-refractivity contribution in [3.05, 3.63) is 65.2 Å². The minimum Gasteiger partial charge on any atom is -0.491 e. The van der Waals surface area contributed by atoms with Crippen molar-refractivity contribution < 1.29 is 19.1 Å². The van der Waals surface area contributed by atoms with Gasteiger partial charge < -0.3 is 14.8 Å². The normalized spacial score (nSPS) is 12.0. The number of hydrogen-bond acceptors (Lipinski definition) is 4. The molecule has 1 amide bonds. The molecule has 0 radical (unpaired) electrons. The third-order valence-corrected chi connectivity index (χ3v) is 4.30. The maximum absolute atomic E-state index is 12.1. The Morgan fingerprint density at radius 1 is 0.897 bits per heavy atom. The molecule has 0 bridgehead atoms. The standard InChI is InChI=1S/C24H31NO4/c1-16(2)14-19-6-8-20(9-7-19)18(5)25-23(26)15-28-24(27)21-10-12-22(13-11-21)29-17(3)4/h6-13,16-18H,14-15H2,1-5H3,(H,25,26)/t18-/m1/s1. The first-order chi connectivity index (χ1) is 13.7. The van der Waals surface area contributed by atoms with Crippen molar-refractivity contribution in [1.29, 1.82) is 0 Å². The van der Waals surface area contributed by atoms with Crippen molar-refractivity contribution in [1.82, 2.24) is 5.32 Å². The van der Waals surface area contributed by atoms with Gasteiger partial charge in [0.15, 0.2) is 6.61 Å². The maximum Gasteiger partial charge on any atom is 0.338 e. The van der Waals surface area contributed by atoms with Crippen molar-refractivity contribution in [2.75, 3.05) is 6.61 Å². The largest absolute Gasteiger partial charge is 0.491 e. The van der Waals surface area contributed by atoms with Crippen LogP contribution in [0.5, 0.6) is 5.75 Å². The zero-order valence-corrected chi connectivity index (χ0v) is 17.9. The molecular formula is C24H31NO4. The molecule has 2 rings (SSSR count). The predicted molar refractivity (Wildman–Crippen MR) is 114 cm³/mol. The topological polar surface area (TPSA) is 64.6 Å². The third kappa shape index (κ3) is 7.60. The first-order valence-corrected chi connectivity index (χ1v) is 10.1. The molecule has 0 fully saturated rings. The summed E-state index contributed by atoms with van der Waals surface area (Å²) < 4.78 is 10.7. The SMILES string of the molecule is CC(C)Cc1ccc([C@@H](C)NC(=O)COC(=O)c2ccc(OC(C)C)cc2)cc1. The fourth-order valence-electron chi connectivity index (χ4n) is 2.94. The van der Waals surface area contributed by atoms with E-state index in [2.05, 4.69) is 31.3 Å². The molecule has 5 nitrogen and oxygen atoms in total. The summed E-state index contributed by atoms with van der Waals surface area (Å²) in [5.74, 6) is 0.410. The van der Waals surface area contributed by atoms with Crippen molar-refractivity contribution in [2.45, 2.75) is 53.2 Å². The molecule has 1 atom stereocenters. The van der Waals surface area contributed by atoms with Crippen LogP contribution in [0.1, 0.15) is 62.1 Å². The van der Waals surface area contributed by atoms with Crippen LogP contribution in [0.2, 0.25) is 0 Å². The van der Waals surface area contributed by atoms with E-state index in [1.165, 1.54) is 5.56 Å². The number of carbonyl (C=O) groups is 2. The van der Waals surface area contributed by atoms with E-state index in [1.807, 2.05) is 32.9 Å². The lowest BCUT2D eigenvalue weighted by Crippen LogP contribution is -2.31. The third-order valence-electron chi connectivity index (χ3n) is 4.30. The van der Waals surface area contributed by atoms with Gasteiger partial charge in [-0.1, -0.05) is 38.1 Å². The number of ether oxygens (including phenoxy) is 2. The van der Waals surface area contributed by atoms with Crippen LogP contribution in [0.3, 0.4) is 0 Å². The molecule has 0 unspecified atom stereocenters. The summed E-state index contributed by atoms with van der Waals surface area (Å²) >= 11 is 0. The summed E-state index contributed by atoms with van der Waals surface area (Å²) in [6.07, 6.45) is 1.09.